The number of H-pyrrole nitrogens is 1. The quantitative estimate of drug-likeness (QED) is 0.439. The highest BCUT2D eigenvalue weighted by Crippen LogP contribution is 2.25. The third kappa shape index (κ3) is 4.26. The SMILES string of the molecule is Cc1ccc(C(C)C(=O)CC(Cc2c[nH]c3ccccc23)C(=O)NO)cc1. The molecule has 0 saturated heterocycles. The summed E-state index contributed by atoms with van der Waals surface area (Å²) in [6, 6.07) is 15.7. The number of aromatic nitrogens is 1. The Hall–Kier alpha value is -2.92. The van der Waals surface area contributed by atoms with Crippen molar-refractivity contribution >= 4 is 22.6 Å². The zero-order chi connectivity index (χ0) is 19.4. The number of rotatable bonds is 7. The third-order valence-corrected chi connectivity index (χ3v) is 5.13. The van der Waals surface area contributed by atoms with Crippen LogP contribution in [0.1, 0.15) is 36.0 Å². The summed E-state index contributed by atoms with van der Waals surface area (Å²) < 4.78 is 0. The largest absolute Gasteiger partial charge is 0.361 e. The maximum absolute atomic E-state index is 12.8. The molecule has 0 aliphatic carbocycles. The minimum absolute atomic E-state index is 0.0210. The highest BCUT2D eigenvalue weighted by Gasteiger charge is 2.26. The Morgan fingerprint density at radius 2 is 1.81 bits per heavy atom. The van der Waals surface area contributed by atoms with Gasteiger partial charge in [-0.2, -0.15) is 0 Å². The van der Waals surface area contributed by atoms with Crippen molar-refractivity contribution in [2.45, 2.75) is 32.6 Å². The molecule has 3 N–H and O–H groups in total. The molecule has 3 aromatic rings. The summed E-state index contributed by atoms with van der Waals surface area (Å²) in [6.45, 7) is 3.85. The lowest BCUT2D eigenvalue weighted by Gasteiger charge is -2.17. The number of fused-ring (bicyclic) bond motifs is 1. The number of carbonyl (C=O) groups is 2. The molecule has 1 aromatic heterocycles. The summed E-state index contributed by atoms with van der Waals surface area (Å²) in [5, 5.41) is 10.1. The lowest BCUT2D eigenvalue weighted by Crippen LogP contribution is -2.32. The van der Waals surface area contributed by atoms with Gasteiger partial charge in [0.25, 0.3) is 0 Å². The number of hydrogen-bond donors (Lipinski definition) is 3. The number of amides is 1. The summed E-state index contributed by atoms with van der Waals surface area (Å²) >= 11 is 0. The van der Waals surface area contributed by atoms with Crippen molar-refractivity contribution in [3.63, 3.8) is 0 Å². The van der Waals surface area contributed by atoms with Crippen molar-refractivity contribution in [3.05, 3.63) is 71.4 Å². The second kappa shape index (κ2) is 8.18. The number of aryl methyl sites for hydroxylation is 1. The van der Waals surface area contributed by atoms with Crippen LogP contribution in [0.15, 0.2) is 54.7 Å². The molecular formula is C22H24N2O3. The minimum Gasteiger partial charge on any atom is -0.361 e. The number of nitrogens with one attached hydrogen (secondary N) is 2. The molecule has 27 heavy (non-hydrogen) atoms. The van der Waals surface area contributed by atoms with Crippen LogP contribution < -0.4 is 5.48 Å². The first-order valence-corrected chi connectivity index (χ1v) is 9.07. The number of benzene rings is 2. The lowest BCUT2D eigenvalue weighted by atomic mass is 9.87. The van der Waals surface area contributed by atoms with Crippen LogP contribution in [-0.4, -0.2) is 21.9 Å². The third-order valence-electron chi connectivity index (χ3n) is 5.13. The van der Waals surface area contributed by atoms with E-state index in [0.29, 0.717) is 6.42 Å². The number of hydroxylamine groups is 1. The fourth-order valence-electron chi connectivity index (χ4n) is 3.38. The van der Waals surface area contributed by atoms with E-state index < -0.39 is 11.8 Å². The van der Waals surface area contributed by atoms with Crippen LogP contribution in [0.3, 0.4) is 0 Å². The van der Waals surface area contributed by atoms with Crippen LogP contribution in [0.25, 0.3) is 10.9 Å². The molecule has 0 aliphatic rings. The van der Waals surface area contributed by atoms with Crippen LogP contribution >= 0.6 is 0 Å². The second-order valence-corrected chi connectivity index (χ2v) is 7.04. The zero-order valence-corrected chi connectivity index (χ0v) is 15.5. The molecule has 0 radical (unpaired) electrons. The van der Waals surface area contributed by atoms with Gasteiger partial charge in [-0.1, -0.05) is 55.0 Å². The van der Waals surface area contributed by atoms with Gasteiger partial charge in [0.1, 0.15) is 5.78 Å². The summed E-state index contributed by atoms with van der Waals surface area (Å²) in [5.74, 6) is -1.49. The highest BCUT2D eigenvalue weighted by molar-refractivity contribution is 5.91. The maximum atomic E-state index is 12.8. The molecule has 0 saturated carbocycles. The Morgan fingerprint density at radius 1 is 1.11 bits per heavy atom. The van der Waals surface area contributed by atoms with E-state index in [0.717, 1.165) is 27.6 Å². The smallest absolute Gasteiger partial charge is 0.247 e. The Labute approximate surface area is 158 Å². The first kappa shape index (κ1) is 18.9. The molecule has 0 fully saturated rings. The number of ketones is 1. The molecule has 1 heterocycles. The number of hydrogen-bond acceptors (Lipinski definition) is 3. The van der Waals surface area contributed by atoms with Gasteiger partial charge in [0.05, 0.1) is 5.92 Å². The Bertz CT molecular complexity index is 944. The standard InChI is InChI=1S/C22H24N2O3/c1-14-7-9-16(10-8-14)15(2)21(25)12-17(22(26)24-27)11-18-13-23-20-6-4-3-5-19(18)20/h3-10,13,15,17,23,27H,11-12H2,1-2H3,(H,24,26). The van der Waals surface area contributed by atoms with E-state index in [1.807, 2.05) is 68.6 Å². The minimum atomic E-state index is -0.630. The van der Waals surface area contributed by atoms with Crippen LogP contribution in [0.5, 0.6) is 0 Å². The summed E-state index contributed by atoms with van der Waals surface area (Å²) in [4.78, 5) is 28.2. The lowest BCUT2D eigenvalue weighted by molar-refractivity contribution is -0.136. The Balaban J connectivity index is 1.77. The van der Waals surface area contributed by atoms with Crippen molar-refractivity contribution in [2.75, 3.05) is 0 Å². The van der Waals surface area contributed by atoms with E-state index in [4.69, 9.17) is 5.21 Å². The Kier molecular flexibility index (Phi) is 5.72. The van der Waals surface area contributed by atoms with Crippen molar-refractivity contribution in [1.82, 2.24) is 10.5 Å². The number of para-hydroxylation sites is 1. The van der Waals surface area contributed by atoms with Gasteiger partial charge in [-0.25, -0.2) is 5.48 Å². The average Bonchev–Trinajstić information content (AvgIpc) is 3.09. The molecule has 2 unspecified atom stereocenters. The Morgan fingerprint density at radius 3 is 2.52 bits per heavy atom. The summed E-state index contributed by atoms with van der Waals surface area (Å²) in [7, 11) is 0. The number of Topliss-reactive ketones (excluding diaryl/α,β-unsaturated/α-hetero) is 1. The molecule has 2 atom stereocenters. The average molecular weight is 364 g/mol. The molecule has 0 bridgehead atoms. The highest BCUT2D eigenvalue weighted by atomic mass is 16.5. The van der Waals surface area contributed by atoms with E-state index >= 15 is 0 Å². The van der Waals surface area contributed by atoms with E-state index in [2.05, 4.69) is 4.98 Å². The fraction of sp³-hybridized carbons (Fsp3) is 0.273. The van der Waals surface area contributed by atoms with Gasteiger partial charge in [0.15, 0.2) is 0 Å². The van der Waals surface area contributed by atoms with Gasteiger partial charge in [0, 0.05) is 29.4 Å². The summed E-state index contributed by atoms with van der Waals surface area (Å²) in [5.41, 5.74) is 5.72. The molecular weight excluding hydrogens is 340 g/mol. The first-order valence-electron chi connectivity index (χ1n) is 9.07. The van der Waals surface area contributed by atoms with Crippen molar-refractivity contribution < 1.29 is 14.8 Å². The zero-order valence-electron chi connectivity index (χ0n) is 15.5. The molecule has 5 heteroatoms. The number of aromatic amines is 1. The summed E-state index contributed by atoms with van der Waals surface area (Å²) in [6.07, 6.45) is 2.31. The maximum Gasteiger partial charge on any atom is 0.247 e. The van der Waals surface area contributed by atoms with Gasteiger partial charge in [-0.3, -0.25) is 14.8 Å². The molecule has 2 aromatic carbocycles. The van der Waals surface area contributed by atoms with Gasteiger partial charge in [-0.05, 0) is 30.5 Å². The van der Waals surface area contributed by atoms with Gasteiger partial charge in [0.2, 0.25) is 5.91 Å². The van der Waals surface area contributed by atoms with Crippen LogP contribution in [0.2, 0.25) is 0 Å². The predicted octanol–water partition coefficient (Wildman–Crippen LogP) is 3.90. The van der Waals surface area contributed by atoms with E-state index in [9.17, 15) is 9.59 Å². The van der Waals surface area contributed by atoms with E-state index in [1.165, 1.54) is 0 Å². The second-order valence-electron chi connectivity index (χ2n) is 7.04. The number of carbonyl (C=O) groups excluding carboxylic acids is 2. The predicted molar refractivity (Wildman–Crippen MR) is 105 cm³/mol. The van der Waals surface area contributed by atoms with Crippen molar-refractivity contribution in [3.8, 4) is 0 Å². The molecule has 1 amide bonds. The van der Waals surface area contributed by atoms with Gasteiger partial charge < -0.3 is 4.98 Å². The fourth-order valence-corrected chi connectivity index (χ4v) is 3.38. The molecule has 0 aliphatic heterocycles. The van der Waals surface area contributed by atoms with Gasteiger partial charge >= 0.3 is 0 Å². The topological polar surface area (TPSA) is 82.2 Å². The molecule has 3 rings (SSSR count). The monoisotopic (exact) mass is 364 g/mol. The van der Waals surface area contributed by atoms with E-state index in [-0.39, 0.29) is 18.1 Å². The van der Waals surface area contributed by atoms with Crippen LogP contribution in [-0.2, 0) is 16.0 Å². The van der Waals surface area contributed by atoms with Crippen molar-refractivity contribution in [1.29, 1.82) is 0 Å². The molecule has 140 valence electrons. The normalized spacial score (nSPS) is 13.3. The molecule has 0 spiro atoms. The van der Waals surface area contributed by atoms with Crippen LogP contribution in [0, 0.1) is 12.8 Å². The molecule has 5 nitrogen and oxygen atoms in total. The van der Waals surface area contributed by atoms with Crippen LogP contribution in [0.4, 0.5) is 0 Å². The van der Waals surface area contributed by atoms with E-state index in [1.54, 1.807) is 5.48 Å². The van der Waals surface area contributed by atoms with Crippen molar-refractivity contribution in [2.24, 2.45) is 5.92 Å². The van der Waals surface area contributed by atoms with Gasteiger partial charge in [-0.15, -0.1) is 0 Å². The first-order chi connectivity index (χ1) is 13.0.